The minimum absolute atomic E-state index is 0.0379. The van der Waals surface area contributed by atoms with E-state index in [4.69, 9.17) is 20.4 Å². The molecule has 2 aromatic carbocycles. The first-order valence-electron chi connectivity index (χ1n) is 10.5. The van der Waals surface area contributed by atoms with Crippen molar-refractivity contribution in [2.75, 3.05) is 24.3 Å². The van der Waals surface area contributed by atoms with Crippen LogP contribution in [0.5, 0.6) is 6.01 Å². The highest BCUT2D eigenvalue weighted by atomic mass is 19.1. The molecule has 0 spiro atoms. The van der Waals surface area contributed by atoms with Crippen LogP contribution in [0.2, 0.25) is 0 Å². The van der Waals surface area contributed by atoms with Crippen molar-refractivity contribution in [3.63, 3.8) is 0 Å². The minimum Gasteiger partial charge on any atom is -0.468 e. The Hall–Kier alpha value is -4.21. The maximum atomic E-state index is 14.4. The van der Waals surface area contributed by atoms with Gasteiger partial charge in [-0.15, -0.1) is 0 Å². The summed E-state index contributed by atoms with van der Waals surface area (Å²) in [7, 11) is 1.44. The number of aryl methyl sites for hydroxylation is 1. The Kier molecular flexibility index (Phi) is 5.25. The van der Waals surface area contributed by atoms with E-state index in [1.165, 1.54) is 17.7 Å². The molecule has 0 bridgehead atoms. The summed E-state index contributed by atoms with van der Waals surface area (Å²) in [6, 6.07) is 12.4. The zero-order valence-corrected chi connectivity index (χ0v) is 17.9. The third-order valence-electron chi connectivity index (χ3n) is 5.51. The Morgan fingerprint density at radius 3 is 2.82 bits per heavy atom. The Morgan fingerprint density at radius 2 is 2.06 bits per heavy atom. The number of amides is 1. The number of fused-ring (bicyclic) bond motifs is 2. The zero-order chi connectivity index (χ0) is 22.9. The van der Waals surface area contributed by atoms with Crippen molar-refractivity contribution in [3.8, 4) is 12.0 Å². The van der Waals surface area contributed by atoms with Crippen LogP contribution < -0.4 is 21.1 Å². The number of carbonyl (C=O) groups excluding carboxylic acids is 1. The summed E-state index contributed by atoms with van der Waals surface area (Å²) in [5, 5.41) is 6.76. The lowest BCUT2D eigenvalue weighted by Gasteiger charge is -2.22. The van der Waals surface area contributed by atoms with Gasteiger partial charge in [-0.1, -0.05) is 30.3 Å². The highest BCUT2D eigenvalue weighted by molar-refractivity contribution is 6.04. The maximum absolute atomic E-state index is 14.4. The van der Waals surface area contributed by atoms with Crippen molar-refractivity contribution in [1.29, 1.82) is 0 Å². The van der Waals surface area contributed by atoms with E-state index in [0.717, 1.165) is 42.4 Å². The molecule has 4 N–H and O–H groups in total. The second-order valence-corrected chi connectivity index (χ2v) is 7.68. The summed E-state index contributed by atoms with van der Waals surface area (Å²) < 4.78 is 21.3. The van der Waals surface area contributed by atoms with Crippen LogP contribution in [-0.4, -0.2) is 39.1 Å². The number of methoxy groups -OCH3 is 1. The third kappa shape index (κ3) is 3.79. The van der Waals surface area contributed by atoms with Gasteiger partial charge >= 0.3 is 6.01 Å². The summed E-state index contributed by atoms with van der Waals surface area (Å²) in [6.07, 6.45) is 1.68. The van der Waals surface area contributed by atoms with Gasteiger partial charge in [-0.2, -0.15) is 9.97 Å². The quantitative estimate of drug-likeness (QED) is 0.416. The Balaban J connectivity index is 1.67. The molecule has 9 nitrogen and oxygen atoms in total. The van der Waals surface area contributed by atoms with E-state index in [1.807, 2.05) is 30.3 Å². The van der Waals surface area contributed by atoms with Crippen LogP contribution in [0.25, 0.3) is 17.0 Å². The number of nitrogens with two attached hydrogens (primary N) is 1. The molecule has 0 radical (unpaired) electrons. The number of ether oxygens (including phenoxy) is 1. The summed E-state index contributed by atoms with van der Waals surface area (Å²) in [4.78, 5) is 25.7. The molecule has 0 saturated heterocycles. The number of imidazole rings is 1. The molecule has 0 aliphatic carbocycles. The fraction of sp³-hybridized carbons (Fsp3) is 0.217. The molecule has 0 unspecified atom stereocenters. The number of benzene rings is 2. The molecule has 3 heterocycles. The predicted octanol–water partition coefficient (Wildman–Crippen LogP) is 3.03. The largest absolute Gasteiger partial charge is 0.468 e. The Bertz CT molecular complexity index is 1350. The summed E-state index contributed by atoms with van der Waals surface area (Å²) in [6.45, 7) is 1.38. The molecule has 1 aliphatic rings. The van der Waals surface area contributed by atoms with Crippen molar-refractivity contribution in [2.45, 2.75) is 19.4 Å². The van der Waals surface area contributed by atoms with Gasteiger partial charge in [0.25, 0.3) is 5.91 Å². The lowest BCUT2D eigenvalue weighted by atomic mass is 10.1. The van der Waals surface area contributed by atoms with E-state index in [9.17, 15) is 9.18 Å². The highest BCUT2D eigenvalue weighted by Crippen LogP contribution is 2.32. The SMILES string of the molecule is COc1nc2c(C(N)=O)cc(F)cc2n1-c1nc2c(c(NCc3ccccc3)n1)NCCC2. The van der Waals surface area contributed by atoms with Gasteiger partial charge in [0, 0.05) is 19.2 Å². The molecule has 0 atom stereocenters. The van der Waals surface area contributed by atoms with Crippen LogP contribution in [0.1, 0.15) is 28.0 Å². The molecule has 33 heavy (non-hydrogen) atoms. The minimum atomic E-state index is -0.785. The van der Waals surface area contributed by atoms with Gasteiger partial charge in [-0.05, 0) is 24.5 Å². The molecule has 0 fully saturated rings. The molecule has 0 saturated carbocycles. The molecule has 1 aliphatic heterocycles. The highest BCUT2D eigenvalue weighted by Gasteiger charge is 2.24. The number of primary amides is 1. The molecule has 10 heteroatoms. The topological polar surface area (TPSA) is 120 Å². The number of hydrogen-bond donors (Lipinski definition) is 3. The smallest absolute Gasteiger partial charge is 0.304 e. The number of anilines is 2. The first-order valence-corrected chi connectivity index (χ1v) is 10.5. The summed E-state index contributed by atoms with van der Waals surface area (Å²) >= 11 is 0. The van der Waals surface area contributed by atoms with Crippen molar-refractivity contribution in [2.24, 2.45) is 5.73 Å². The molecule has 4 aromatic rings. The van der Waals surface area contributed by atoms with Crippen LogP contribution in [0, 0.1) is 5.82 Å². The molecule has 2 aromatic heterocycles. The van der Waals surface area contributed by atoms with E-state index in [0.29, 0.717) is 17.9 Å². The number of carbonyl (C=O) groups is 1. The van der Waals surface area contributed by atoms with Crippen LogP contribution in [0.4, 0.5) is 15.9 Å². The van der Waals surface area contributed by atoms with E-state index < -0.39 is 11.7 Å². The fourth-order valence-corrected chi connectivity index (χ4v) is 3.98. The Labute approximate surface area is 188 Å². The first kappa shape index (κ1) is 20.7. The van der Waals surface area contributed by atoms with Gasteiger partial charge in [0.2, 0.25) is 5.95 Å². The lowest BCUT2D eigenvalue weighted by Crippen LogP contribution is -2.19. The van der Waals surface area contributed by atoms with Crippen LogP contribution in [0.3, 0.4) is 0 Å². The van der Waals surface area contributed by atoms with Gasteiger partial charge in [0.1, 0.15) is 11.3 Å². The Morgan fingerprint density at radius 1 is 1.24 bits per heavy atom. The average molecular weight is 447 g/mol. The second-order valence-electron chi connectivity index (χ2n) is 7.68. The number of halogens is 1. The monoisotopic (exact) mass is 447 g/mol. The van der Waals surface area contributed by atoms with Gasteiger partial charge < -0.3 is 21.1 Å². The van der Waals surface area contributed by atoms with Crippen molar-refractivity contribution in [3.05, 3.63) is 65.1 Å². The number of nitrogens with one attached hydrogen (secondary N) is 2. The zero-order valence-electron chi connectivity index (χ0n) is 17.9. The normalized spacial score (nSPS) is 12.8. The lowest BCUT2D eigenvalue weighted by molar-refractivity contribution is 0.100. The average Bonchev–Trinajstić information content (AvgIpc) is 3.20. The van der Waals surface area contributed by atoms with Crippen molar-refractivity contribution in [1.82, 2.24) is 19.5 Å². The van der Waals surface area contributed by atoms with E-state index in [-0.39, 0.29) is 23.0 Å². The number of nitrogens with zero attached hydrogens (tertiary/aromatic N) is 4. The standard InChI is InChI=1S/C23H22FN7O2/c1-33-23-29-18-15(20(25)32)10-14(24)11-17(18)31(23)22-28-16-8-5-9-26-19(16)21(30-22)27-12-13-6-3-2-4-7-13/h2-4,6-7,10-11,26H,5,8-9,12H2,1H3,(H2,25,32)(H,27,28,30). The van der Waals surface area contributed by atoms with E-state index >= 15 is 0 Å². The number of rotatable bonds is 6. The first-order chi connectivity index (χ1) is 16.0. The molecular weight excluding hydrogens is 425 g/mol. The second kappa shape index (κ2) is 8.38. The van der Waals surface area contributed by atoms with Gasteiger partial charge in [-0.3, -0.25) is 4.79 Å². The molecular formula is C23H22FN7O2. The van der Waals surface area contributed by atoms with E-state index in [1.54, 1.807) is 0 Å². The number of hydrogen-bond acceptors (Lipinski definition) is 7. The third-order valence-corrected chi connectivity index (χ3v) is 5.51. The van der Waals surface area contributed by atoms with Crippen LogP contribution in [0.15, 0.2) is 42.5 Å². The molecule has 1 amide bonds. The van der Waals surface area contributed by atoms with Gasteiger partial charge in [0.05, 0.1) is 29.6 Å². The maximum Gasteiger partial charge on any atom is 0.304 e. The van der Waals surface area contributed by atoms with Crippen LogP contribution >= 0.6 is 0 Å². The van der Waals surface area contributed by atoms with E-state index in [2.05, 4.69) is 15.6 Å². The predicted molar refractivity (Wildman–Crippen MR) is 122 cm³/mol. The van der Waals surface area contributed by atoms with Crippen LogP contribution in [-0.2, 0) is 13.0 Å². The number of aromatic nitrogens is 4. The van der Waals surface area contributed by atoms with Crippen molar-refractivity contribution >= 4 is 28.4 Å². The summed E-state index contributed by atoms with van der Waals surface area (Å²) in [5.74, 6) is -0.530. The van der Waals surface area contributed by atoms with Gasteiger partial charge in [0.15, 0.2) is 5.82 Å². The molecule has 5 rings (SSSR count). The fourth-order valence-electron chi connectivity index (χ4n) is 3.98. The summed E-state index contributed by atoms with van der Waals surface area (Å²) in [5.41, 5.74) is 8.70. The van der Waals surface area contributed by atoms with Gasteiger partial charge in [-0.25, -0.2) is 13.9 Å². The molecule has 168 valence electrons. The van der Waals surface area contributed by atoms with Crippen molar-refractivity contribution < 1.29 is 13.9 Å².